The van der Waals surface area contributed by atoms with E-state index in [0.29, 0.717) is 46.0 Å². The molecular weight excluding hydrogens is 466 g/mol. The van der Waals surface area contributed by atoms with Gasteiger partial charge in [0.15, 0.2) is 11.5 Å². The van der Waals surface area contributed by atoms with Gasteiger partial charge < -0.3 is 23.8 Å². The zero-order chi connectivity index (χ0) is 22.1. The molecule has 8 heteroatoms. The van der Waals surface area contributed by atoms with E-state index in [0.717, 1.165) is 17.5 Å². The molecule has 7 nitrogen and oxygen atoms in total. The average molecular weight is 488 g/mol. The van der Waals surface area contributed by atoms with Crippen LogP contribution in [0, 0.1) is 0 Å². The maximum atomic E-state index is 12.8. The molecule has 0 aliphatic carbocycles. The normalized spacial score (nSPS) is 17.3. The maximum absolute atomic E-state index is 12.8. The molecule has 2 aromatic rings. The Labute approximate surface area is 188 Å². The van der Waals surface area contributed by atoms with Gasteiger partial charge in [0.05, 0.1) is 32.9 Å². The summed E-state index contributed by atoms with van der Waals surface area (Å²) in [6.07, 6.45) is 2.51. The smallest absolute Gasteiger partial charge is 0.344 e. The van der Waals surface area contributed by atoms with Crippen LogP contribution in [-0.2, 0) is 16.0 Å². The number of nitrogens with zero attached hydrogens (tertiary/aromatic N) is 1. The highest BCUT2D eigenvalue weighted by Crippen LogP contribution is 2.42. The molecule has 1 atom stereocenters. The van der Waals surface area contributed by atoms with Crippen molar-refractivity contribution in [3.63, 3.8) is 0 Å². The third kappa shape index (κ3) is 3.99. The van der Waals surface area contributed by atoms with E-state index in [1.54, 1.807) is 37.3 Å². The van der Waals surface area contributed by atoms with Gasteiger partial charge in [-0.2, -0.15) is 0 Å². The number of fused-ring (bicyclic) bond motifs is 3. The number of carbonyl (C=O) groups excluding carboxylic acids is 2. The van der Waals surface area contributed by atoms with Crippen molar-refractivity contribution in [3.8, 4) is 17.2 Å². The molecule has 0 saturated carbocycles. The lowest BCUT2D eigenvalue weighted by Crippen LogP contribution is -2.42. The largest absolute Gasteiger partial charge is 0.497 e. The highest BCUT2D eigenvalue weighted by Gasteiger charge is 2.36. The quantitative estimate of drug-likeness (QED) is 0.592. The van der Waals surface area contributed by atoms with Gasteiger partial charge >= 0.3 is 5.97 Å². The summed E-state index contributed by atoms with van der Waals surface area (Å²) in [5, 5.41) is 0. The van der Waals surface area contributed by atoms with E-state index in [4.69, 9.17) is 18.9 Å². The first-order valence-corrected chi connectivity index (χ1v) is 10.6. The van der Waals surface area contributed by atoms with Gasteiger partial charge in [0, 0.05) is 23.5 Å². The van der Waals surface area contributed by atoms with E-state index in [1.165, 1.54) is 13.2 Å². The topological polar surface area (TPSA) is 74.3 Å². The molecule has 0 saturated heterocycles. The second-order valence-electron chi connectivity index (χ2n) is 7.25. The molecule has 0 N–H and O–H groups in total. The molecule has 0 aromatic heterocycles. The SMILES string of the molecule is COc1ccc(Br)c(C(=O)OC2=CC(=O)N3CCc4cc(OC)c(OC)cc4C3C2)c1. The van der Waals surface area contributed by atoms with Gasteiger partial charge in [0.2, 0.25) is 5.91 Å². The van der Waals surface area contributed by atoms with Gasteiger partial charge in [-0.3, -0.25) is 4.79 Å². The summed E-state index contributed by atoms with van der Waals surface area (Å²) in [5.74, 6) is 1.39. The van der Waals surface area contributed by atoms with Crippen LogP contribution < -0.4 is 14.2 Å². The van der Waals surface area contributed by atoms with Crippen LogP contribution in [0.1, 0.15) is 33.9 Å². The van der Waals surface area contributed by atoms with E-state index in [1.807, 2.05) is 12.1 Å². The minimum absolute atomic E-state index is 0.177. The number of esters is 1. The molecule has 2 aromatic carbocycles. The minimum Gasteiger partial charge on any atom is -0.497 e. The van der Waals surface area contributed by atoms with Crippen LogP contribution in [0.4, 0.5) is 0 Å². The minimum atomic E-state index is -0.554. The van der Waals surface area contributed by atoms with Crippen LogP contribution >= 0.6 is 15.9 Å². The van der Waals surface area contributed by atoms with Gasteiger partial charge in [-0.1, -0.05) is 0 Å². The summed E-state index contributed by atoms with van der Waals surface area (Å²) in [7, 11) is 4.70. The molecule has 1 unspecified atom stereocenters. The highest BCUT2D eigenvalue weighted by molar-refractivity contribution is 9.10. The number of hydrogen-bond acceptors (Lipinski definition) is 6. The average Bonchev–Trinajstić information content (AvgIpc) is 2.78. The Hall–Kier alpha value is -3.00. The molecule has 162 valence electrons. The van der Waals surface area contributed by atoms with E-state index in [2.05, 4.69) is 15.9 Å². The maximum Gasteiger partial charge on any atom is 0.344 e. The van der Waals surface area contributed by atoms with Crippen molar-refractivity contribution < 1.29 is 28.5 Å². The molecule has 0 spiro atoms. The first-order chi connectivity index (χ1) is 14.9. The monoisotopic (exact) mass is 487 g/mol. The lowest BCUT2D eigenvalue weighted by atomic mass is 9.87. The molecule has 2 aliphatic heterocycles. The van der Waals surface area contributed by atoms with E-state index >= 15 is 0 Å². The molecule has 2 aliphatic rings. The molecule has 0 fully saturated rings. The van der Waals surface area contributed by atoms with Crippen LogP contribution in [-0.4, -0.2) is 44.7 Å². The van der Waals surface area contributed by atoms with Crippen molar-refractivity contribution >= 4 is 27.8 Å². The summed E-state index contributed by atoms with van der Waals surface area (Å²) in [6, 6.07) is 8.67. The number of amides is 1. The summed E-state index contributed by atoms with van der Waals surface area (Å²) >= 11 is 3.37. The summed E-state index contributed by atoms with van der Waals surface area (Å²) in [4.78, 5) is 27.4. The van der Waals surface area contributed by atoms with Crippen molar-refractivity contribution in [2.75, 3.05) is 27.9 Å². The third-order valence-electron chi connectivity index (χ3n) is 5.58. The lowest BCUT2D eigenvalue weighted by Gasteiger charge is -2.39. The zero-order valence-electron chi connectivity index (χ0n) is 17.4. The number of methoxy groups -OCH3 is 3. The molecule has 4 rings (SSSR count). The van der Waals surface area contributed by atoms with Crippen molar-refractivity contribution in [1.29, 1.82) is 0 Å². The van der Waals surface area contributed by atoms with E-state index < -0.39 is 5.97 Å². The Morgan fingerprint density at radius 2 is 1.81 bits per heavy atom. The first kappa shape index (κ1) is 21.2. The predicted octanol–water partition coefficient (Wildman–Crippen LogP) is 4.05. The summed E-state index contributed by atoms with van der Waals surface area (Å²) in [5.41, 5.74) is 2.39. The Balaban J connectivity index is 1.62. The molecular formula is C23H22BrNO6. The Morgan fingerprint density at radius 3 is 2.52 bits per heavy atom. The number of benzene rings is 2. The Morgan fingerprint density at radius 1 is 1.06 bits per heavy atom. The van der Waals surface area contributed by atoms with Crippen LogP contribution in [0.3, 0.4) is 0 Å². The van der Waals surface area contributed by atoms with Crippen molar-refractivity contribution in [1.82, 2.24) is 4.90 Å². The van der Waals surface area contributed by atoms with Gasteiger partial charge in [-0.05, 0) is 63.8 Å². The molecule has 0 bridgehead atoms. The number of hydrogen-bond donors (Lipinski definition) is 0. The Bertz CT molecular complexity index is 1080. The molecule has 1 amide bonds. The molecule has 31 heavy (non-hydrogen) atoms. The molecule has 0 radical (unpaired) electrons. The summed E-state index contributed by atoms with van der Waals surface area (Å²) < 4.78 is 22.3. The second-order valence-corrected chi connectivity index (χ2v) is 8.11. The van der Waals surface area contributed by atoms with Gasteiger partial charge in [0.25, 0.3) is 0 Å². The van der Waals surface area contributed by atoms with Crippen LogP contribution in [0.15, 0.2) is 46.6 Å². The number of carbonyl (C=O) groups is 2. The van der Waals surface area contributed by atoms with Crippen molar-refractivity contribution in [3.05, 3.63) is 63.3 Å². The summed E-state index contributed by atoms with van der Waals surface area (Å²) in [6.45, 7) is 0.588. The van der Waals surface area contributed by atoms with E-state index in [-0.39, 0.29) is 11.9 Å². The van der Waals surface area contributed by atoms with Gasteiger partial charge in [0.1, 0.15) is 11.5 Å². The van der Waals surface area contributed by atoms with Crippen LogP contribution in [0.25, 0.3) is 0 Å². The lowest BCUT2D eigenvalue weighted by molar-refractivity contribution is -0.130. The Kier molecular flexibility index (Phi) is 5.91. The highest BCUT2D eigenvalue weighted by atomic mass is 79.9. The van der Waals surface area contributed by atoms with E-state index in [9.17, 15) is 9.59 Å². The van der Waals surface area contributed by atoms with Gasteiger partial charge in [-0.25, -0.2) is 4.79 Å². The first-order valence-electron chi connectivity index (χ1n) is 9.76. The van der Waals surface area contributed by atoms with Gasteiger partial charge in [-0.15, -0.1) is 0 Å². The van der Waals surface area contributed by atoms with Crippen molar-refractivity contribution in [2.24, 2.45) is 0 Å². The molecule has 2 heterocycles. The van der Waals surface area contributed by atoms with Crippen molar-refractivity contribution in [2.45, 2.75) is 18.9 Å². The number of rotatable bonds is 5. The fraction of sp³-hybridized carbons (Fsp3) is 0.304. The zero-order valence-corrected chi connectivity index (χ0v) is 19.0. The number of halogens is 1. The second kappa shape index (κ2) is 8.63. The predicted molar refractivity (Wildman–Crippen MR) is 117 cm³/mol. The van der Waals surface area contributed by atoms with Crippen LogP contribution in [0.2, 0.25) is 0 Å². The number of ether oxygens (including phenoxy) is 4. The fourth-order valence-corrected chi connectivity index (χ4v) is 4.42. The standard InChI is InChI=1S/C23H22BrNO6/c1-28-14-4-5-18(24)17(9-14)23(27)31-15-10-19-16-12-21(30-3)20(29-2)8-13(16)6-7-25(19)22(26)11-15/h4-5,8-9,11-12,19H,6-7,10H2,1-3H3. The fourth-order valence-electron chi connectivity index (χ4n) is 4.02. The van der Waals surface area contributed by atoms with Crippen LogP contribution in [0.5, 0.6) is 17.2 Å². The third-order valence-corrected chi connectivity index (χ3v) is 6.27.